The van der Waals surface area contributed by atoms with Gasteiger partial charge in [0.15, 0.2) is 0 Å². The van der Waals surface area contributed by atoms with Gasteiger partial charge in [0.1, 0.15) is 12.1 Å². The standard InChI is InChI=1S/C17H29N3O5S/c1-4-13-11-20(17(23)25-13)12-5-8-19(9-6-12)16(22)18-14(7-10-26-3)15(21)24-2/h12-14H,4-11H2,1-3H3,(H,18,22). The first kappa shape index (κ1) is 20.7. The van der Waals surface area contributed by atoms with Crippen molar-refractivity contribution in [1.82, 2.24) is 15.1 Å². The molecule has 2 rings (SSSR count). The number of nitrogens with zero attached hydrogens (tertiary/aromatic N) is 2. The predicted molar refractivity (Wildman–Crippen MR) is 99.2 cm³/mol. The molecule has 0 aromatic carbocycles. The highest BCUT2D eigenvalue weighted by molar-refractivity contribution is 7.98. The summed E-state index contributed by atoms with van der Waals surface area (Å²) in [6.45, 7) is 3.73. The largest absolute Gasteiger partial charge is 0.467 e. The third-order valence-electron chi connectivity index (χ3n) is 4.94. The Balaban J connectivity index is 1.83. The van der Waals surface area contributed by atoms with E-state index in [2.05, 4.69) is 5.32 Å². The fraction of sp³-hybridized carbons (Fsp3) is 0.824. The maximum atomic E-state index is 12.5. The van der Waals surface area contributed by atoms with E-state index >= 15 is 0 Å². The zero-order valence-electron chi connectivity index (χ0n) is 15.7. The first-order chi connectivity index (χ1) is 12.5. The number of hydrogen-bond donors (Lipinski definition) is 1. The van der Waals surface area contributed by atoms with Gasteiger partial charge in [-0.1, -0.05) is 6.92 Å². The third kappa shape index (κ3) is 5.18. The Kier molecular flexibility index (Phi) is 7.86. The fourth-order valence-corrected chi connectivity index (χ4v) is 3.77. The second kappa shape index (κ2) is 9.89. The van der Waals surface area contributed by atoms with Gasteiger partial charge in [-0.3, -0.25) is 0 Å². The van der Waals surface area contributed by atoms with Crippen LogP contribution in [-0.4, -0.2) is 84.8 Å². The number of urea groups is 1. The van der Waals surface area contributed by atoms with Gasteiger partial charge < -0.3 is 24.6 Å². The second-order valence-electron chi connectivity index (χ2n) is 6.59. The van der Waals surface area contributed by atoms with Crippen LogP contribution in [0, 0.1) is 0 Å². The molecule has 2 fully saturated rings. The molecule has 0 aromatic heterocycles. The zero-order chi connectivity index (χ0) is 19.1. The molecule has 26 heavy (non-hydrogen) atoms. The number of thioether (sulfide) groups is 1. The highest BCUT2D eigenvalue weighted by Gasteiger charge is 2.37. The van der Waals surface area contributed by atoms with Crippen molar-refractivity contribution in [2.45, 2.75) is 50.8 Å². The van der Waals surface area contributed by atoms with Gasteiger partial charge in [0.05, 0.1) is 13.7 Å². The SMILES string of the molecule is CCC1CN(C2CCN(C(=O)NC(CCSC)C(=O)OC)CC2)C(=O)O1. The number of esters is 1. The lowest BCUT2D eigenvalue weighted by atomic mass is 10.0. The van der Waals surface area contributed by atoms with Crippen LogP contribution in [-0.2, 0) is 14.3 Å². The van der Waals surface area contributed by atoms with Crippen molar-refractivity contribution in [2.75, 3.05) is 38.8 Å². The summed E-state index contributed by atoms with van der Waals surface area (Å²) in [7, 11) is 1.32. The number of likely N-dealkylation sites (tertiary alicyclic amines) is 1. The summed E-state index contributed by atoms with van der Waals surface area (Å²) in [5.74, 6) is 0.338. The van der Waals surface area contributed by atoms with Gasteiger partial charge in [0.25, 0.3) is 0 Å². The highest BCUT2D eigenvalue weighted by Crippen LogP contribution is 2.23. The monoisotopic (exact) mass is 387 g/mol. The summed E-state index contributed by atoms with van der Waals surface area (Å²) in [5, 5.41) is 2.78. The minimum atomic E-state index is -0.628. The van der Waals surface area contributed by atoms with Crippen LogP contribution in [0.15, 0.2) is 0 Å². The zero-order valence-corrected chi connectivity index (χ0v) is 16.5. The first-order valence-electron chi connectivity index (χ1n) is 9.09. The molecule has 1 N–H and O–H groups in total. The van der Waals surface area contributed by atoms with Gasteiger partial charge in [-0.05, 0) is 37.7 Å². The minimum Gasteiger partial charge on any atom is -0.467 e. The summed E-state index contributed by atoms with van der Waals surface area (Å²) in [6, 6.07) is -0.775. The highest BCUT2D eigenvalue weighted by atomic mass is 32.2. The molecule has 148 valence electrons. The molecule has 2 heterocycles. The predicted octanol–water partition coefficient (Wildman–Crippen LogP) is 1.69. The topological polar surface area (TPSA) is 88.2 Å². The van der Waals surface area contributed by atoms with E-state index in [0.29, 0.717) is 38.9 Å². The summed E-state index contributed by atoms with van der Waals surface area (Å²) >= 11 is 1.62. The number of hydrogen-bond acceptors (Lipinski definition) is 6. The summed E-state index contributed by atoms with van der Waals surface area (Å²) in [5.41, 5.74) is 0. The number of amides is 3. The number of carbonyl (C=O) groups excluding carboxylic acids is 3. The lowest BCUT2D eigenvalue weighted by Crippen LogP contribution is -2.53. The molecule has 2 aliphatic heterocycles. The molecule has 0 saturated carbocycles. The lowest BCUT2D eigenvalue weighted by Gasteiger charge is -2.36. The van der Waals surface area contributed by atoms with E-state index in [0.717, 1.165) is 12.2 Å². The average molecular weight is 388 g/mol. The van der Waals surface area contributed by atoms with Crippen molar-refractivity contribution < 1.29 is 23.9 Å². The molecule has 2 saturated heterocycles. The molecule has 2 aliphatic rings. The molecule has 0 aliphatic carbocycles. The first-order valence-corrected chi connectivity index (χ1v) is 10.5. The fourth-order valence-electron chi connectivity index (χ4n) is 3.30. The van der Waals surface area contributed by atoms with Crippen molar-refractivity contribution >= 4 is 29.9 Å². The quantitative estimate of drug-likeness (QED) is 0.669. The minimum absolute atomic E-state index is 0.0268. The number of rotatable bonds is 7. The molecule has 3 amide bonds. The molecule has 0 radical (unpaired) electrons. The molecule has 0 spiro atoms. The number of ether oxygens (including phenoxy) is 2. The normalized spacial score (nSPS) is 22.1. The Morgan fingerprint density at radius 3 is 2.62 bits per heavy atom. The molecule has 0 bridgehead atoms. The van der Waals surface area contributed by atoms with Gasteiger partial charge >= 0.3 is 18.1 Å². The van der Waals surface area contributed by atoms with E-state index in [1.807, 2.05) is 13.2 Å². The smallest absolute Gasteiger partial charge is 0.410 e. The summed E-state index contributed by atoms with van der Waals surface area (Å²) in [6.07, 6.45) is 4.46. The number of methoxy groups -OCH3 is 1. The van der Waals surface area contributed by atoms with Crippen molar-refractivity contribution in [3.63, 3.8) is 0 Å². The van der Waals surface area contributed by atoms with Crippen LogP contribution in [0.1, 0.15) is 32.6 Å². The number of cyclic esters (lactones) is 1. The molecule has 8 nitrogen and oxygen atoms in total. The average Bonchev–Trinajstić information content (AvgIpc) is 3.05. The Hall–Kier alpha value is -1.64. The number of piperidine rings is 1. The van der Waals surface area contributed by atoms with Crippen molar-refractivity contribution in [1.29, 1.82) is 0 Å². The molecule has 0 aromatic rings. The van der Waals surface area contributed by atoms with Gasteiger partial charge in [-0.15, -0.1) is 0 Å². The van der Waals surface area contributed by atoms with Crippen molar-refractivity contribution in [3.05, 3.63) is 0 Å². The summed E-state index contributed by atoms with van der Waals surface area (Å²) < 4.78 is 10.1. The van der Waals surface area contributed by atoms with Crippen LogP contribution < -0.4 is 5.32 Å². The van der Waals surface area contributed by atoms with Gasteiger partial charge in [0, 0.05) is 19.1 Å². The van der Waals surface area contributed by atoms with Gasteiger partial charge in [0.2, 0.25) is 0 Å². The maximum Gasteiger partial charge on any atom is 0.410 e. The van der Waals surface area contributed by atoms with Gasteiger partial charge in [-0.25, -0.2) is 14.4 Å². The van der Waals surface area contributed by atoms with Crippen LogP contribution in [0.4, 0.5) is 9.59 Å². The van der Waals surface area contributed by atoms with Crippen LogP contribution in [0.3, 0.4) is 0 Å². The lowest BCUT2D eigenvalue weighted by molar-refractivity contribution is -0.142. The molecular formula is C17H29N3O5S. The van der Waals surface area contributed by atoms with E-state index in [9.17, 15) is 14.4 Å². The summed E-state index contributed by atoms with van der Waals surface area (Å²) in [4.78, 5) is 39.8. The Morgan fingerprint density at radius 2 is 2.08 bits per heavy atom. The van der Waals surface area contributed by atoms with Crippen molar-refractivity contribution in [3.8, 4) is 0 Å². The third-order valence-corrected chi connectivity index (χ3v) is 5.59. The van der Waals surface area contributed by atoms with E-state index in [1.165, 1.54) is 7.11 Å². The van der Waals surface area contributed by atoms with E-state index < -0.39 is 12.0 Å². The Morgan fingerprint density at radius 1 is 1.38 bits per heavy atom. The molecule has 9 heteroatoms. The van der Waals surface area contributed by atoms with Crippen molar-refractivity contribution in [2.24, 2.45) is 0 Å². The van der Waals surface area contributed by atoms with Crippen LogP contribution in [0.25, 0.3) is 0 Å². The van der Waals surface area contributed by atoms with E-state index in [-0.39, 0.29) is 24.3 Å². The maximum absolute atomic E-state index is 12.5. The number of carbonyl (C=O) groups is 3. The van der Waals surface area contributed by atoms with Gasteiger partial charge in [-0.2, -0.15) is 11.8 Å². The molecule has 2 unspecified atom stereocenters. The Labute approximate surface area is 158 Å². The number of nitrogens with one attached hydrogen (secondary N) is 1. The van der Waals surface area contributed by atoms with Crippen LogP contribution in [0.5, 0.6) is 0 Å². The second-order valence-corrected chi connectivity index (χ2v) is 7.58. The van der Waals surface area contributed by atoms with E-state index in [4.69, 9.17) is 9.47 Å². The van der Waals surface area contributed by atoms with E-state index in [1.54, 1.807) is 21.6 Å². The van der Waals surface area contributed by atoms with Crippen LogP contribution in [0.2, 0.25) is 0 Å². The molecule has 2 atom stereocenters. The van der Waals surface area contributed by atoms with Crippen LogP contribution >= 0.6 is 11.8 Å². The molecular weight excluding hydrogens is 358 g/mol. The Bertz CT molecular complexity index is 511.